The highest BCUT2D eigenvalue weighted by Gasteiger charge is 2.17. The molecular formula is C20H27IN4O. The second kappa shape index (κ2) is 10.4. The summed E-state index contributed by atoms with van der Waals surface area (Å²) in [6.45, 7) is 5.31. The van der Waals surface area contributed by atoms with Gasteiger partial charge in [0, 0.05) is 25.4 Å². The van der Waals surface area contributed by atoms with Gasteiger partial charge in [0.15, 0.2) is 5.96 Å². The predicted octanol–water partition coefficient (Wildman–Crippen LogP) is 3.83. The van der Waals surface area contributed by atoms with Crippen LogP contribution in [0.4, 0.5) is 0 Å². The summed E-state index contributed by atoms with van der Waals surface area (Å²) in [5.41, 5.74) is 8.33. The van der Waals surface area contributed by atoms with Gasteiger partial charge in [0.2, 0.25) is 5.88 Å². The number of guanidine groups is 1. The summed E-state index contributed by atoms with van der Waals surface area (Å²) in [4.78, 5) is 11.0. The van der Waals surface area contributed by atoms with Crippen LogP contribution in [0.2, 0.25) is 0 Å². The van der Waals surface area contributed by atoms with Crippen LogP contribution in [0.15, 0.2) is 53.7 Å². The van der Waals surface area contributed by atoms with Gasteiger partial charge in [-0.15, -0.1) is 24.0 Å². The fraction of sp³-hybridized carbons (Fsp3) is 0.400. The molecule has 5 nitrogen and oxygen atoms in total. The fourth-order valence-electron chi connectivity index (χ4n) is 3.03. The molecule has 1 fully saturated rings. The van der Waals surface area contributed by atoms with Gasteiger partial charge < -0.3 is 15.4 Å². The topological polar surface area (TPSA) is 63.7 Å². The molecule has 2 heterocycles. The van der Waals surface area contributed by atoms with Crippen molar-refractivity contribution in [1.29, 1.82) is 0 Å². The maximum atomic E-state index is 6.16. The number of halogens is 1. The van der Waals surface area contributed by atoms with E-state index in [0.717, 1.165) is 24.2 Å². The molecule has 140 valence electrons. The molecule has 0 amide bonds. The normalized spacial score (nSPS) is 17.5. The van der Waals surface area contributed by atoms with Crippen LogP contribution in [0.25, 0.3) is 0 Å². The summed E-state index contributed by atoms with van der Waals surface area (Å²) in [6.07, 6.45) is 4.21. The Balaban J connectivity index is 0.00000243. The monoisotopic (exact) mass is 466 g/mol. The fourth-order valence-corrected chi connectivity index (χ4v) is 3.03. The molecule has 1 atom stereocenters. The number of nitrogens with two attached hydrogens (primary N) is 1. The number of rotatable bonds is 5. The average Bonchev–Trinajstić information content (AvgIpc) is 2.66. The van der Waals surface area contributed by atoms with Gasteiger partial charge in [0.25, 0.3) is 0 Å². The quantitative estimate of drug-likeness (QED) is 0.414. The van der Waals surface area contributed by atoms with E-state index in [0.29, 0.717) is 30.9 Å². The van der Waals surface area contributed by atoms with Gasteiger partial charge in [-0.1, -0.05) is 37.3 Å². The molecule has 0 radical (unpaired) electrons. The largest absolute Gasteiger partial charge is 0.473 e. The molecule has 0 aliphatic carbocycles. The van der Waals surface area contributed by atoms with Crippen LogP contribution < -0.4 is 10.5 Å². The Morgan fingerprint density at radius 1 is 1.27 bits per heavy atom. The first-order valence-corrected chi connectivity index (χ1v) is 8.87. The molecule has 26 heavy (non-hydrogen) atoms. The van der Waals surface area contributed by atoms with Crippen LogP contribution in [-0.2, 0) is 13.2 Å². The minimum absolute atomic E-state index is 0. The van der Waals surface area contributed by atoms with Crippen molar-refractivity contribution in [3.63, 3.8) is 0 Å². The molecule has 2 N–H and O–H groups in total. The molecule has 0 spiro atoms. The zero-order chi connectivity index (χ0) is 17.5. The van der Waals surface area contributed by atoms with E-state index >= 15 is 0 Å². The number of pyridine rings is 1. The maximum absolute atomic E-state index is 6.16. The van der Waals surface area contributed by atoms with Crippen LogP contribution in [0.1, 0.15) is 30.9 Å². The van der Waals surface area contributed by atoms with Crippen LogP contribution in [0.3, 0.4) is 0 Å². The Kier molecular flexibility index (Phi) is 8.15. The highest BCUT2D eigenvalue weighted by atomic mass is 127. The first-order chi connectivity index (χ1) is 12.2. The molecule has 1 aromatic heterocycles. The zero-order valence-electron chi connectivity index (χ0n) is 15.2. The molecule has 1 unspecified atom stereocenters. The van der Waals surface area contributed by atoms with Gasteiger partial charge in [0.1, 0.15) is 6.61 Å². The van der Waals surface area contributed by atoms with Gasteiger partial charge >= 0.3 is 0 Å². The number of likely N-dealkylation sites (tertiary alicyclic amines) is 1. The van der Waals surface area contributed by atoms with E-state index in [1.807, 2.05) is 42.5 Å². The van der Waals surface area contributed by atoms with Crippen LogP contribution in [-0.4, -0.2) is 28.9 Å². The van der Waals surface area contributed by atoms with E-state index in [4.69, 9.17) is 10.5 Å². The number of benzene rings is 1. The predicted molar refractivity (Wildman–Crippen MR) is 116 cm³/mol. The first kappa shape index (κ1) is 20.5. The van der Waals surface area contributed by atoms with E-state index in [-0.39, 0.29) is 24.0 Å². The number of hydrogen-bond acceptors (Lipinski definition) is 3. The molecule has 0 bridgehead atoms. The Labute approximate surface area is 172 Å². The first-order valence-electron chi connectivity index (χ1n) is 8.87. The maximum Gasteiger partial charge on any atom is 0.213 e. The Bertz CT molecular complexity index is 708. The summed E-state index contributed by atoms with van der Waals surface area (Å²) in [7, 11) is 0. The van der Waals surface area contributed by atoms with Crippen LogP contribution >= 0.6 is 24.0 Å². The lowest BCUT2D eigenvalue weighted by Gasteiger charge is -2.31. The molecule has 6 heteroatoms. The van der Waals surface area contributed by atoms with Crippen molar-refractivity contribution in [1.82, 2.24) is 9.88 Å². The number of ether oxygens (including phenoxy) is 1. The third-order valence-electron chi connectivity index (χ3n) is 4.43. The highest BCUT2D eigenvalue weighted by molar-refractivity contribution is 14.0. The van der Waals surface area contributed by atoms with Crippen molar-refractivity contribution in [3.8, 4) is 5.88 Å². The van der Waals surface area contributed by atoms with Gasteiger partial charge in [0.05, 0.1) is 6.54 Å². The second-order valence-electron chi connectivity index (χ2n) is 6.64. The van der Waals surface area contributed by atoms with E-state index < -0.39 is 0 Å². The van der Waals surface area contributed by atoms with Crippen molar-refractivity contribution in [2.45, 2.75) is 32.9 Å². The molecule has 2 aromatic rings. The molecule has 1 aliphatic heterocycles. The molecule has 1 saturated heterocycles. The third-order valence-corrected chi connectivity index (χ3v) is 4.43. The highest BCUT2D eigenvalue weighted by Crippen LogP contribution is 2.16. The lowest BCUT2D eigenvalue weighted by molar-refractivity contribution is 0.270. The van der Waals surface area contributed by atoms with E-state index in [1.165, 1.54) is 12.8 Å². The Morgan fingerprint density at radius 2 is 2.08 bits per heavy atom. The SMILES string of the molecule is CC1CCCN(C(N)=NCc2ccnc(OCc3ccccc3)c2)C1.I. The minimum atomic E-state index is 0. The Morgan fingerprint density at radius 3 is 2.85 bits per heavy atom. The molecule has 0 saturated carbocycles. The minimum Gasteiger partial charge on any atom is -0.473 e. The zero-order valence-corrected chi connectivity index (χ0v) is 17.5. The lowest BCUT2D eigenvalue weighted by atomic mass is 10.0. The average molecular weight is 466 g/mol. The number of hydrogen-bond donors (Lipinski definition) is 1. The van der Waals surface area contributed by atoms with E-state index in [1.54, 1.807) is 6.20 Å². The van der Waals surface area contributed by atoms with E-state index in [2.05, 4.69) is 21.8 Å². The molecular weight excluding hydrogens is 439 g/mol. The summed E-state index contributed by atoms with van der Waals surface area (Å²) < 4.78 is 5.77. The molecule has 1 aromatic carbocycles. The standard InChI is InChI=1S/C20H26N4O.HI/c1-16-6-5-11-24(14-16)20(21)23-13-18-9-10-22-19(12-18)25-15-17-7-3-2-4-8-17;/h2-4,7-10,12,16H,5-6,11,13-15H2,1H3,(H2,21,23);1H. The van der Waals surface area contributed by atoms with Crippen molar-refractivity contribution in [2.75, 3.05) is 13.1 Å². The van der Waals surface area contributed by atoms with Gasteiger partial charge in [-0.25, -0.2) is 9.98 Å². The molecule has 3 rings (SSSR count). The summed E-state index contributed by atoms with van der Waals surface area (Å²) in [5, 5.41) is 0. The molecule has 1 aliphatic rings. The summed E-state index contributed by atoms with van der Waals surface area (Å²) >= 11 is 0. The summed E-state index contributed by atoms with van der Waals surface area (Å²) in [6, 6.07) is 13.9. The van der Waals surface area contributed by atoms with Crippen molar-refractivity contribution < 1.29 is 4.74 Å². The van der Waals surface area contributed by atoms with Crippen molar-refractivity contribution in [3.05, 3.63) is 59.8 Å². The number of nitrogens with zero attached hydrogens (tertiary/aromatic N) is 3. The van der Waals surface area contributed by atoms with Crippen molar-refractivity contribution >= 4 is 29.9 Å². The summed E-state index contributed by atoms with van der Waals surface area (Å²) in [5.74, 6) is 1.93. The number of piperidine rings is 1. The number of aliphatic imine (C=N–C) groups is 1. The van der Waals surface area contributed by atoms with Crippen LogP contribution in [0, 0.1) is 5.92 Å². The van der Waals surface area contributed by atoms with Gasteiger partial charge in [-0.05, 0) is 36.0 Å². The number of aromatic nitrogens is 1. The lowest BCUT2D eigenvalue weighted by Crippen LogP contribution is -2.43. The third kappa shape index (κ3) is 6.16. The Hall–Kier alpha value is -1.83. The van der Waals surface area contributed by atoms with Crippen LogP contribution in [0.5, 0.6) is 5.88 Å². The van der Waals surface area contributed by atoms with Gasteiger partial charge in [-0.2, -0.15) is 0 Å². The smallest absolute Gasteiger partial charge is 0.213 e. The van der Waals surface area contributed by atoms with Gasteiger partial charge in [-0.3, -0.25) is 0 Å². The second-order valence-corrected chi connectivity index (χ2v) is 6.64. The van der Waals surface area contributed by atoms with E-state index in [9.17, 15) is 0 Å². The van der Waals surface area contributed by atoms with Crippen molar-refractivity contribution in [2.24, 2.45) is 16.6 Å².